The van der Waals surface area contributed by atoms with Gasteiger partial charge in [0.2, 0.25) is 5.91 Å². The van der Waals surface area contributed by atoms with Crippen molar-refractivity contribution in [1.82, 2.24) is 15.1 Å². The number of aromatic nitrogens is 3. The Bertz CT molecular complexity index is 930. The van der Waals surface area contributed by atoms with E-state index >= 15 is 0 Å². The molecule has 3 aromatic heterocycles. The number of pyridine rings is 2. The van der Waals surface area contributed by atoms with E-state index in [9.17, 15) is 4.79 Å². The van der Waals surface area contributed by atoms with E-state index in [0.717, 1.165) is 46.3 Å². The molecule has 0 unspecified atom stereocenters. The molecular formula is C17H17N5O2. The number of anilines is 2. The first-order chi connectivity index (χ1) is 11.7. The SMILES string of the molecule is CNc1ncc(-c2conc2C)c2cc(NC(=O)C3CC3)ncc12. The van der Waals surface area contributed by atoms with Crippen molar-refractivity contribution in [1.29, 1.82) is 0 Å². The van der Waals surface area contributed by atoms with E-state index < -0.39 is 0 Å². The lowest BCUT2D eigenvalue weighted by molar-refractivity contribution is -0.117. The quantitative estimate of drug-likeness (QED) is 0.767. The maximum atomic E-state index is 12.0. The number of carbonyl (C=O) groups excluding carboxylic acids is 1. The van der Waals surface area contributed by atoms with Gasteiger partial charge in [0.05, 0.1) is 5.69 Å². The Hall–Kier alpha value is -2.96. The Morgan fingerprint density at radius 1 is 1.21 bits per heavy atom. The van der Waals surface area contributed by atoms with Gasteiger partial charge in [-0.25, -0.2) is 9.97 Å². The lowest BCUT2D eigenvalue weighted by Crippen LogP contribution is -2.14. The van der Waals surface area contributed by atoms with Crippen LogP contribution in [0.2, 0.25) is 0 Å². The van der Waals surface area contributed by atoms with Crippen molar-refractivity contribution in [3.05, 3.63) is 30.4 Å². The molecule has 3 aromatic rings. The fraction of sp³-hybridized carbons (Fsp3) is 0.294. The fourth-order valence-corrected chi connectivity index (χ4v) is 2.74. The molecule has 4 rings (SSSR count). The molecule has 0 aliphatic heterocycles. The molecule has 1 fully saturated rings. The summed E-state index contributed by atoms with van der Waals surface area (Å²) in [4.78, 5) is 20.8. The number of hydrogen-bond donors (Lipinski definition) is 2. The molecule has 3 heterocycles. The highest BCUT2D eigenvalue weighted by Gasteiger charge is 2.29. The number of aryl methyl sites for hydroxylation is 1. The third kappa shape index (κ3) is 2.47. The minimum Gasteiger partial charge on any atom is -0.373 e. The molecule has 2 N–H and O–H groups in total. The third-order valence-corrected chi connectivity index (χ3v) is 4.25. The van der Waals surface area contributed by atoms with Gasteiger partial charge in [-0.1, -0.05) is 5.16 Å². The van der Waals surface area contributed by atoms with E-state index in [-0.39, 0.29) is 11.8 Å². The molecular weight excluding hydrogens is 306 g/mol. The summed E-state index contributed by atoms with van der Waals surface area (Å²) < 4.78 is 5.06. The molecule has 24 heavy (non-hydrogen) atoms. The van der Waals surface area contributed by atoms with Crippen molar-refractivity contribution in [2.45, 2.75) is 19.8 Å². The van der Waals surface area contributed by atoms with Gasteiger partial charge in [0.15, 0.2) is 0 Å². The smallest absolute Gasteiger partial charge is 0.228 e. The zero-order chi connectivity index (χ0) is 16.7. The van der Waals surface area contributed by atoms with Crippen LogP contribution in [0.5, 0.6) is 0 Å². The highest BCUT2D eigenvalue weighted by molar-refractivity contribution is 6.04. The normalized spacial score (nSPS) is 13.9. The first-order valence-electron chi connectivity index (χ1n) is 7.86. The predicted molar refractivity (Wildman–Crippen MR) is 90.7 cm³/mol. The molecule has 7 heteroatoms. The summed E-state index contributed by atoms with van der Waals surface area (Å²) >= 11 is 0. The first kappa shape index (κ1) is 14.6. The van der Waals surface area contributed by atoms with Crippen LogP contribution in [0, 0.1) is 12.8 Å². The summed E-state index contributed by atoms with van der Waals surface area (Å²) in [5, 5.41) is 11.7. The van der Waals surface area contributed by atoms with Crippen molar-refractivity contribution < 1.29 is 9.32 Å². The summed E-state index contributed by atoms with van der Waals surface area (Å²) in [6.07, 6.45) is 7.02. The van der Waals surface area contributed by atoms with Crippen molar-refractivity contribution in [3.63, 3.8) is 0 Å². The average Bonchev–Trinajstić information content (AvgIpc) is 3.36. The van der Waals surface area contributed by atoms with Crippen molar-refractivity contribution in [3.8, 4) is 11.1 Å². The van der Waals surface area contributed by atoms with Crippen LogP contribution in [0.3, 0.4) is 0 Å². The van der Waals surface area contributed by atoms with Gasteiger partial charge < -0.3 is 15.2 Å². The second-order valence-electron chi connectivity index (χ2n) is 5.96. The zero-order valence-corrected chi connectivity index (χ0v) is 13.5. The number of fused-ring (bicyclic) bond motifs is 1. The van der Waals surface area contributed by atoms with Gasteiger partial charge in [0.1, 0.15) is 17.9 Å². The summed E-state index contributed by atoms with van der Waals surface area (Å²) in [6.45, 7) is 1.88. The van der Waals surface area contributed by atoms with Crippen LogP contribution in [0.25, 0.3) is 21.9 Å². The van der Waals surface area contributed by atoms with Gasteiger partial charge in [0.25, 0.3) is 0 Å². The van der Waals surface area contributed by atoms with Crippen LogP contribution in [-0.4, -0.2) is 28.1 Å². The second kappa shape index (κ2) is 5.59. The molecule has 1 amide bonds. The highest BCUT2D eigenvalue weighted by Crippen LogP contribution is 2.34. The van der Waals surface area contributed by atoms with Crippen molar-refractivity contribution >= 4 is 28.3 Å². The maximum Gasteiger partial charge on any atom is 0.228 e. The summed E-state index contributed by atoms with van der Waals surface area (Å²) in [5.41, 5.74) is 2.56. The van der Waals surface area contributed by atoms with Crippen LogP contribution >= 0.6 is 0 Å². The van der Waals surface area contributed by atoms with Gasteiger partial charge in [0, 0.05) is 47.3 Å². The number of rotatable bonds is 4. The van der Waals surface area contributed by atoms with Crippen LogP contribution < -0.4 is 10.6 Å². The topological polar surface area (TPSA) is 92.9 Å². The van der Waals surface area contributed by atoms with E-state index in [1.165, 1.54) is 0 Å². The van der Waals surface area contributed by atoms with Crippen molar-refractivity contribution in [2.75, 3.05) is 17.7 Å². The van der Waals surface area contributed by atoms with E-state index in [2.05, 4.69) is 25.8 Å². The Morgan fingerprint density at radius 2 is 2.04 bits per heavy atom. The molecule has 0 saturated heterocycles. The molecule has 0 radical (unpaired) electrons. The molecule has 0 bridgehead atoms. The van der Waals surface area contributed by atoms with E-state index in [4.69, 9.17) is 4.52 Å². The number of nitrogens with one attached hydrogen (secondary N) is 2. The number of nitrogens with zero attached hydrogens (tertiary/aromatic N) is 3. The van der Waals surface area contributed by atoms with Crippen LogP contribution in [0.15, 0.2) is 29.2 Å². The Labute approximate surface area is 138 Å². The summed E-state index contributed by atoms with van der Waals surface area (Å²) in [6, 6.07) is 1.87. The molecule has 0 atom stereocenters. The molecule has 7 nitrogen and oxygen atoms in total. The molecule has 1 aliphatic rings. The third-order valence-electron chi connectivity index (χ3n) is 4.25. The number of carbonyl (C=O) groups is 1. The highest BCUT2D eigenvalue weighted by atomic mass is 16.5. The molecule has 122 valence electrons. The van der Waals surface area contributed by atoms with Gasteiger partial charge in [-0.3, -0.25) is 4.79 Å². The summed E-state index contributed by atoms with van der Waals surface area (Å²) in [5.74, 6) is 1.44. The number of amides is 1. The Morgan fingerprint density at radius 3 is 2.71 bits per heavy atom. The average molecular weight is 323 g/mol. The fourth-order valence-electron chi connectivity index (χ4n) is 2.74. The van der Waals surface area contributed by atoms with Gasteiger partial charge in [-0.2, -0.15) is 0 Å². The molecule has 0 spiro atoms. The monoisotopic (exact) mass is 323 g/mol. The van der Waals surface area contributed by atoms with E-state index in [0.29, 0.717) is 5.82 Å². The van der Waals surface area contributed by atoms with Crippen LogP contribution in [0.1, 0.15) is 18.5 Å². The largest absolute Gasteiger partial charge is 0.373 e. The lowest BCUT2D eigenvalue weighted by atomic mass is 10.0. The number of hydrogen-bond acceptors (Lipinski definition) is 6. The maximum absolute atomic E-state index is 12.0. The summed E-state index contributed by atoms with van der Waals surface area (Å²) in [7, 11) is 1.81. The van der Waals surface area contributed by atoms with E-state index in [1.54, 1.807) is 18.7 Å². The predicted octanol–water partition coefficient (Wildman–Crippen LogP) is 2.98. The van der Waals surface area contributed by atoms with Gasteiger partial charge >= 0.3 is 0 Å². The minimum atomic E-state index is 0.0347. The lowest BCUT2D eigenvalue weighted by Gasteiger charge is -2.11. The minimum absolute atomic E-state index is 0.0347. The molecule has 1 saturated carbocycles. The van der Waals surface area contributed by atoms with E-state index in [1.807, 2.05) is 20.0 Å². The van der Waals surface area contributed by atoms with Gasteiger partial charge in [-0.05, 0) is 25.8 Å². The van der Waals surface area contributed by atoms with Crippen molar-refractivity contribution in [2.24, 2.45) is 5.92 Å². The van der Waals surface area contributed by atoms with Crippen LogP contribution in [-0.2, 0) is 4.79 Å². The standard InChI is InChI=1S/C17H17N5O2/c1-9-14(8-24-22-9)12-6-20-16(18-2)13-7-19-15(5-11(12)13)21-17(23)10-3-4-10/h5-8,10H,3-4H2,1-2H3,(H,18,20)(H,19,21,23). The molecule has 1 aliphatic carbocycles. The second-order valence-corrected chi connectivity index (χ2v) is 5.96. The van der Waals surface area contributed by atoms with Crippen LogP contribution in [0.4, 0.5) is 11.6 Å². The molecule has 0 aromatic carbocycles. The Kier molecular flexibility index (Phi) is 3.41. The van der Waals surface area contributed by atoms with Gasteiger partial charge in [-0.15, -0.1) is 0 Å². The zero-order valence-electron chi connectivity index (χ0n) is 13.5. The first-order valence-corrected chi connectivity index (χ1v) is 7.86. The Balaban J connectivity index is 1.85.